The van der Waals surface area contributed by atoms with E-state index in [1.54, 1.807) is 0 Å². The van der Waals surface area contributed by atoms with Gasteiger partial charge in [0.15, 0.2) is 5.82 Å². The highest BCUT2D eigenvalue weighted by Crippen LogP contribution is 2.44. The first-order chi connectivity index (χ1) is 57.9. The van der Waals surface area contributed by atoms with Crippen molar-refractivity contribution in [1.29, 1.82) is 0 Å². The lowest BCUT2D eigenvalue weighted by molar-refractivity contribution is 0.00578. The SMILES string of the molecule is CC1(C)OB(c2ccc3c(c2)c2c4c(ccc2n3-c2ccccc2)ccn4-c2ccccc2)OC1(C)C.Clc1nc(-c2ccc(-c3cccc4ccccc34)cc2)c2ccccc2n1.c1ccc(-n2ccc3ccc4c(c5cc(-c6nc(-c7ccc(-c8cccc9ccccc89)cc7)c7ccccc7n6)ccc5n4-c4ccccc4)c32)cc1. The summed E-state index contributed by atoms with van der Waals surface area (Å²) in [4.78, 5) is 19.3. The van der Waals surface area contributed by atoms with E-state index in [1.807, 2.05) is 24.3 Å². The topological polar surface area (TPSA) is 89.7 Å². The van der Waals surface area contributed by atoms with Crippen molar-refractivity contribution in [3.05, 3.63) is 394 Å². The van der Waals surface area contributed by atoms with Crippen LogP contribution >= 0.6 is 11.6 Å². The quantitative estimate of drug-likeness (QED) is 0.100. The van der Waals surface area contributed by atoms with Crippen LogP contribution in [0.15, 0.2) is 389 Å². The van der Waals surface area contributed by atoms with Gasteiger partial charge in [0.25, 0.3) is 0 Å². The van der Waals surface area contributed by atoms with Gasteiger partial charge in [-0.15, -0.1) is 0 Å². The van der Waals surface area contributed by atoms with Gasteiger partial charge in [0, 0.05) is 94.9 Å². The number of hydrogen-bond donors (Lipinski definition) is 0. The van der Waals surface area contributed by atoms with Gasteiger partial charge < -0.3 is 27.6 Å². The van der Waals surface area contributed by atoms with E-state index in [1.165, 1.54) is 87.3 Å². The Kier molecular flexibility index (Phi) is 17.7. The van der Waals surface area contributed by atoms with Gasteiger partial charge in [-0.3, -0.25) is 0 Å². The van der Waals surface area contributed by atoms with Gasteiger partial charge >= 0.3 is 7.12 Å². The van der Waals surface area contributed by atoms with Crippen LogP contribution in [0.25, 0.3) is 188 Å². The molecule has 0 N–H and O–H groups in total. The maximum absolute atomic E-state index is 6.43. The fourth-order valence-corrected chi connectivity index (χ4v) is 17.5. The highest BCUT2D eigenvalue weighted by Gasteiger charge is 2.52. The monoisotopic (exact) mass is 1540 g/mol. The van der Waals surface area contributed by atoms with Crippen molar-refractivity contribution in [3.8, 4) is 78.9 Å². The van der Waals surface area contributed by atoms with E-state index in [0.717, 1.165) is 100 Å². The van der Waals surface area contributed by atoms with Crippen molar-refractivity contribution in [2.24, 2.45) is 0 Å². The minimum Gasteiger partial charge on any atom is -0.399 e. The molecular weight excluding hydrogens is 1460 g/mol. The van der Waals surface area contributed by atoms with Gasteiger partial charge in [0.2, 0.25) is 5.28 Å². The Hall–Kier alpha value is -14.3. The first-order valence-corrected chi connectivity index (χ1v) is 40.4. The van der Waals surface area contributed by atoms with Crippen LogP contribution in [-0.2, 0) is 9.31 Å². The third-order valence-electron chi connectivity index (χ3n) is 23.8. The Morgan fingerprint density at radius 3 is 1.16 bits per heavy atom. The molecule has 23 rings (SSSR count). The summed E-state index contributed by atoms with van der Waals surface area (Å²) >= 11 is 6.14. The van der Waals surface area contributed by atoms with Gasteiger partial charge in [-0.25, -0.2) is 19.9 Å². The molecule has 6 aromatic heterocycles. The molecular formula is C106H76BClN8O2. The molecule has 0 saturated carbocycles. The summed E-state index contributed by atoms with van der Waals surface area (Å²) in [5.74, 6) is 0.704. The lowest BCUT2D eigenvalue weighted by Crippen LogP contribution is -2.41. The average molecular weight is 1540 g/mol. The Labute approximate surface area is 687 Å². The molecule has 1 aliphatic heterocycles. The van der Waals surface area contributed by atoms with Crippen LogP contribution in [0.4, 0.5) is 0 Å². The first-order valence-electron chi connectivity index (χ1n) is 40.0. The first kappa shape index (κ1) is 71.5. The van der Waals surface area contributed by atoms with Crippen molar-refractivity contribution < 1.29 is 9.31 Å². The fourth-order valence-electron chi connectivity index (χ4n) is 17.3. The molecule has 0 spiro atoms. The van der Waals surface area contributed by atoms with Gasteiger partial charge in [0.05, 0.1) is 66.7 Å². The van der Waals surface area contributed by atoms with Crippen molar-refractivity contribution in [3.63, 3.8) is 0 Å². The largest absolute Gasteiger partial charge is 0.494 e. The van der Waals surface area contributed by atoms with Crippen molar-refractivity contribution in [1.82, 2.24) is 38.2 Å². The van der Waals surface area contributed by atoms with Crippen LogP contribution < -0.4 is 5.46 Å². The second-order valence-electron chi connectivity index (χ2n) is 31.3. The normalized spacial score (nSPS) is 13.2. The molecule has 16 aromatic carbocycles. The zero-order valence-corrected chi connectivity index (χ0v) is 66.1. The summed E-state index contributed by atoms with van der Waals surface area (Å²) in [6.45, 7) is 8.40. The molecule has 7 heterocycles. The minimum absolute atomic E-state index is 0.266. The van der Waals surface area contributed by atoms with Crippen molar-refractivity contribution >= 4 is 133 Å². The molecule has 10 nitrogen and oxygen atoms in total. The smallest absolute Gasteiger partial charge is 0.399 e. The number of halogens is 1. The molecule has 1 saturated heterocycles. The maximum Gasteiger partial charge on any atom is 0.494 e. The zero-order valence-electron chi connectivity index (χ0n) is 65.3. The van der Waals surface area contributed by atoms with Crippen LogP contribution in [0.3, 0.4) is 0 Å². The predicted molar refractivity (Wildman–Crippen MR) is 491 cm³/mol. The van der Waals surface area contributed by atoms with E-state index in [9.17, 15) is 0 Å². The van der Waals surface area contributed by atoms with Crippen LogP contribution in [0.2, 0.25) is 5.28 Å². The van der Waals surface area contributed by atoms with E-state index in [2.05, 4.69) is 420 Å². The molecule has 562 valence electrons. The summed E-state index contributed by atoms with van der Waals surface area (Å²) < 4.78 is 22.2. The maximum atomic E-state index is 6.43. The Balaban J connectivity index is 0.000000117. The van der Waals surface area contributed by atoms with Gasteiger partial charge in [-0.05, 0) is 198 Å². The lowest BCUT2D eigenvalue weighted by Gasteiger charge is -2.32. The van der Waals surface area contributed by atoms with E-state index < -0.39 is 7.12 Å². The standard InChI is InChI=1S/C50H32N4.C32H29BN2O2.C24H15ClN2/c1-3-14-38(15-4-1)53-31-30-36-26-29-46-47(49(36)53)43-32-37(27-28-45(43)54(46)39-16-5-2-6-17-39)50-51-44-21-10-9-19-42(44)48(52-50)35-24-22-34(23-25-35)41-20-11-13-33-12-7-8-18-40(33)41;1-31(2)32(3,4)37-33(36-31)23-16-18-27-26(21-23)29-28(35(27)25-13-9-6-10-14-25)17-15-22-19-20-34(30(22)29)24-11-7-5-8-12-24;25-24-26-22-11-4-3-9-21(22)23(27-24)18-14-12-17(13-15-18)20-10-5-7-16-6-1-2-8-19(16)20/h1-32H;5-21H,1-4H3;1-15H. The van der Waals surface area contributed by atoms with Gasteiger partial charge in [0.1, 0.15) is 0 Å². The summed E-state index contributed by atoms with van der Waals surface area (Å²) in [5, 5.41) is 14.5. The average Bonchev–Trinajstić information content (AvgIpc) is 1.56. The summed E-state index contributed by atoms with van der Waals surface area (Å²) in [6, 6.07) is 133. The number of nitrogens with zero attached hydrogens (tertiary/aromatic N) is 8. The Morgan fingerprint density at radius 2 is 0.669 bits per heavy atom. The third kappa shape index (κ3) is 12.5. The minimum atomic E-state index is -0.412. The fraction of sp³-hybridized carbons (Fsp3) is 0.0566. The summed E-state index contributed by atoms with van der Waals surface area (Å²) in [7, 11) is -0.412. The molecule has 0 bridgehead atoms. The van der Waals surface area contributed by atoms with Crippen LogP contribution in [0.1, 0.15) is 27.7 Å². The highest BCUT2D eigenvalue weighted by atomic mass is 35.5. The number of hydrogen-bond acceptors (Lipinski definition) is 6. The molecule has 12 heteroatoms. The van der Waals surface area contributed by atoms with Crippen molar-refractivity contribution in [2.45, 2.75) is 38.9 Å². The zero-order chi connectivity index (χ0) is 79.2. The van der Waals surface area contributed by atoms with Crippen molar-refractivity contribution in [2.75, 3.05) is 0 Å². The van der Waals surface area contributed by atoms with E-state index >= 15 is 0 Å². The third-order valence-corrected chi connectivity index (χ3v) is 23.9. The molecule has 22 aromatic rings. The number of rotatable bonds is 10. The van der Waals surface area contributed by atoms with Gasteiger partial charge in [-0.2, -0.15) is 0 Å². The molecule has 0 atom stereocenters. The van der Waals surface area contributed by atoms with E-state index in [-0.39, 0.29) is 16.5 Å². The Bertz CT molecular complexity index is 7600. The Morgan fingerprint density at radius 1 is 0.288 bits per heavy atom. The van der Waals surface area contributed by atoms with Crippen LogP contribution in [0, 0.1) is 0 Å². The molecule has 1 aliphatic rings. The van der Waals surface area contributed by atoms with E-state index in [4.69, 9.17) is 30.9 Å². The number of aromatic nitrogens is 8. The summed E-state index contributed by atoms with van der Waals surface area (Å²) in [5.41, 5.74) is 23.2. The van der Waals surface area contributed by atoms with Gasteiger partial charge in [-0.1, -0.05) is 267 Å². The highest BCUT2D eigenvalue weighted by molar-refractivity contribution is 6.62. The second kappa shape index (κ2) is 29.2. The number of fused-ring (bicyclic) bond motifs is 14. The second-order valence-corrected chi connectivity index (χ2v) is 31.6. The van der Waals surface area contributed by atoms with Crippen LogP contribution in [0.5, 0.6) is 0 Å². The molecule has 1 fully saturated rings. The molecule has 0 amide bonds. The van der Waals surface area contributed by atoms with Crippen LogP contribution in [-0.4, -0.2) is 56.5 Å². The molecule has 0 aliphatic carbocycles. The predicted octanol–water partition coefficient (Wildman–Crippen LogP) is 26.6. The molecule has 0 unspecified atom stereocenters. The summed E-state index contributed by atoms with van der Waals surface area (Å²) in [6.07, 6.45) is 4.35. The molecule has 118 heavy (non-hydrogen) atoms. The molecule has 0 radical (unpaired) electrons. The lowest BCUT2D eigenvalue weighted by atomic mass is 9.78. The number of para-hydroxylation sites is 6. The number of benzene rings is 16. The van der Waals surface area contributed by atoms with E-state index in [0.29, 0.717) is 5.82 Å².